The average molecular weight is 422 g/mol. The fourth-order valence-electron chi connectivity index (χ4n) is 3.76. The number of likely N-dealkylation sites (N-methyl/N-ethyl adjacent to an activating group) is 1. The van der Waals surface area contributed by atoms with Crippen LogP contribution in [-0.4, -0.2) is 52.3 Å². The number of hydrogen-bond acceptors (Lipinski definition) is 5. The first kappa shape index (κ1) is 22.5. The Morgan fingerprint density at radius 1 is 1.00 bits per heavy atom. The van der Waals surface area contributed by atoms with Gasteiger partial charge in [-0.1, -0.05) is 19.1 Å². The molecule has 31 heavy (non-hydrogen) atoms. The fourth-order valence-corrected chi connectivity index (χ4v) is 3.76. The molecule has 0 spiro atoms. The first-order chi connectivity index (χ1) is 15.0. The summed E-state index contributed by atoms with van der Waals surface area (Å²) in [5, 5.41) is 0. The molecule has 0 aliphatic carbocycles. The summed E-state index contributed by atoms with van der Waals surface area (Å²) in [7, 11) is 0. The molecule has 1 aliphatic heterocycles. The lowest BCUT2D eigenvalue weighted by molar-refractivity contribution is -0.137. The minimum atomic E-state index is -0.221. The summed E-state index contributed by atoms with van der Waals surface area (Å²) in [6.45, 7) is 9.62. The second-order valence-electron chi connectivity index (χ2n) is 7.86. The molecular weight excluding hydrogens is 390 g/mol. The first-order valence-corrected chi connectivity index (χ1v) is 11.0. The van der Waals surface area contributed by atoms with Crippen molar-refractivity contribution in [2.45, 2.75) is 46.6 Å². The number of rotatable bonds is 10. The normalized spacial score (nSPS) is 14.0. The minimum absolute atomic E-state index is 0.0686. The number of imide groups is 1. The summed E-state index contributed by atoms with van der Waals surface area (Å²) >= 11 is 0. The van der Waals surface area contributed by atoms with E-state index in [-0.39, 0.29) is 17.9 Å². The quantitative estimate of drug-likeness (QED) is 0.544. The van der Waals surface area contributed by atoms with Gasteiger partial charge in [-0.15, -0.1) is 0 Å². The number of hydrogen-bond donors (Lipinski definition) is 0. The molecule has 1 aliphatic rings. The number of aromatic nitrogens is 1. The zero-order valence-electron chi connectivity index (χ0n) is 18.8. The number of pyridine rings is 1. The monoisotopic (exact) mass is 421 g/mol. The average Bonchev–Trinajstić information content (AvgIpc) is 3.00. The zero-order chi connectivity index (χ0) is 22.4. The summed E-state index contributed by atoms with van der Waals surface area (Å²) < 4.78 is 5.73. The Morgan fingerprint density at radius 2 is 1.68 bits per heavy atom. The molecule has 0 fully saturated rings. The van der Waals surface area contributed by atoms with Crippen molar-refractivity contribution in [2.75, 3.05) is 19.6 Å². The van der Waals surface area contributed by atoms with Crippen LogP contribution in [0.1, 0.15) is 45.2 Å². The van der Waals surface area contributed by atoms with Crippen molar-refractivity contribution in [2.24, 2.45) is 0 Å². The van der Waals surface area contributed by atoms with Gasteiger partial charge in [-0.25, -0.2) is 0 Å². The molecule has 164 valence electrons. The van der Waals surface area contributed by atoms with Gasteiger partial charge in [-0.2, -0.15) is 0 Å². The lowest BCUT2D eigenvalue weighted by atomic mass is 10.0. The van der Waals surface area contributed by atoms with Crippen LogP contribution < -0.4 is 4.74 Å². The highest BCUT2D eigenvalue weighted by molar-refractivity contribution is 6.35. The molecule has 0 unspecified atom stereocenters. The van der Waals surface area contributed by atoms with E-state index in [0.717, 1.165) is 29.7 Å². The van der Waals surface area contributed by atoms with Gasteiger partial charge in [-0.05, 0) is 69.0 Å². The molecule has 0 saturated heterocycles. The van der Waals surface area contributed by atoms with Crippen molar-refractivity contribution in [3.05, 3.63) is 65.6 Å². The topological polar surface area (TPSA) is 62.7 Å². The Labute approximate surface area is 184 Å². The maximum absolute atomic E-state index is 13.3. The number of ether oxygens (including phenoxy) is 1. The summed E-state index contributed by atoms with van der Waals surface area (Å²) in [6, 6.07) is 11.4. The van der Waals surface area contributed by atoms with Crippen LogP contribution in [0.25, 0.3) is 5.57 Å². The molecule has 2 heterocycles. The highest BCUT2D eigenvalue weighted by Crippen LogP contribution is 2.32. The third-order valence-corrected chi connectivity index (χ3v) is 5.22. The van der Waals surface area contributed by atoms with Gasteiger partial charge in [0, 0.05) is 32.0 Å². The second kappa shape index (κ2) is 10.2. The lowest BCUT2D eigenvalue weighted by Gasteiger charge is -2.24. The van der Waals surface area contributed by atoms with Crippen LogP contribution >= 0.6 is 0 Å². The van der Waals surface area contributed by atoms with E-state index >= 15 is 0 Å². The number of carbonyl (C=O) groups excluding carboxylic acids is 2. The van der Waals surface area contributed by atoms with E-state index in [2.05, 4.69) is 4.98 Å². The van der Waals surface area contributed by atoms with Crippen LogP contribution in [0.15, 0.2) is 54.5 Å². The number of amides is 2. The third-order valence-electron chi connectivity index (χ3n) is 5.22. The number of benzene rings is 1. The molecule has 2 aromatic rings. The predicted octanol–water partition coefficient (Wildman–Crippen LogP) is 3.92. The van der Waals surface area contributed by atoms with Gasteiger partial charge in [0.1, 0.15) is 11.4 Å². The molecule has 0 radical (unpaired) electrons. The number of carbonyl (C=O) groups is 2. The third kappa shape index (κ3) is 5.13. The van der Waals surface area contributed by atoms with E-state index in [1.807, 2.05) is 69.0 Å². The largest absolute Gasteiger partial charge is 0.491 e. The number of nitrogens with zero attached hydrogens (tertiary/aromatic N) is 3. The standard InChI is InChI=1S/C25H31N3O3/c1-5-16-28-24(29)22(20-7-9-21(10-8-20)31-18(3)4)23(25(28)30)27(6-2)17-13-19-11-14-26-15-12-19/h7-12,14-15,18H,5-6,13,16-17H2,1-4H3. The van der Waals surface area contributed by atoms with Gasteiger partial charge < -0.3 is 9.64 Å². The fraction of sp³-hybridized carbons (Fsp3) is 0.400. The second-order valence-corrected chi connectivity index (χ2v) is 7.86. The molecule has 3 rings (SSSR count). The van der Waals surface area contributed by atoms with Crippen molar-refractivity contribution >= 4 is 17.4 Å². The molecule has 6 heteroatoms. The predicted molar refractivity (Wildman–Crippen MR) is 121 cm³/mol. The van der Waals surface area contributed by atoms with Crippen molar-refractivity contribution in [3.63, 3.8) is 0 Å². The maximum Gasteiger partial charge on any atom is 0.277 e. The Balaban J connectivity index is 1.96. The molecular formula is C25H31N3O3. The Hall–Kier alpha value is -3.15. The minimum Gasteiger partial charge on any atom is -0.491 e. The van der Waals surface area contributed by atoms with Crippen molar-refractivity contribution in [1.82, 2.24) is 14.8 Å². The summed E-state index contributed by atoms with van der Waals surface area (Å²) in [5.74, 6) is 0.316. The van der Waals surface area contributed by atoms with Gasteiger partial charge in [0.05, 0.1) is 11.7 Å². The van der Waals surface area contributed by atoms with Gasteiger partial charge >= 0.3 is 0 Å². The van der Waals surface area contributed by atoms with Crippen molar-refractivity contribution in [1.29, 1.82) is 0 Å². The van der Waals surface area contributed by atoms with E-state index in [9.17, 15) is 9.59 Å². The van der Waals surface area contributed by atoms with Crippen molar-refractivity contribution in [3.8, 4) is 5.75 Å². The van der Waals surface area contributed by atoms with Crippen LogP contribution in [0.4, 0.5) is 0 Å². The Bertz CT molecular complexity index is 936. The zero-order valence-corrected chi connectivity index (χ0v) is 18.8. The molecule has 0 atom stereocenters. The van der Waals surface area contributed by atoms with Crippen LogP contribution in [-0.2, 0) is 16.0 Å². The van der Waals surface area contributed by atoms with Gasteiger partial charge in [0.15, 0.2) is 0 Å². The van der Waals surface area contributed by atoms with E-state index in [4.69, 9.17) is 4.74 Å². The lowest BCUT2D eigenvalue weighted by Crippen LogP contribution is -2.36. The molecule has 0 saturated carbocycles. The maximum atomic E-state index is 13.3. The van der Waals surface area contributed by atoms with Crippen LogP contribution in [0.3, 0.4) is 0 Å². The Kier molecular flexibility index (Phi) is 7.45. The van der Waals surface area contributed by atoms with Gasteiger partial charge in [0.2, 0.25) is 0 Å². The summed E-state index contributed by atoms with van der Waals surface area (Å²) in [5.41, 5.74) is 2.86. The van der Waals surface area contributed by atoms with Gasteiger partial charge in [0.25, 0.3) is 11.8 Å². The Morgan fingerprint density at radius 3 is 2.26 bits per heavy atom. The summed E-state index contributed by atoms with van der Waals surface area (Å²) in [6.07, 6.45) is 5.10. The molecule has 6 nitrogen and oxygen atoms in total. The smallest absolute Gasteiger partial charge is 0.277 e. The molecule has 1 aromatic heterocycles. The summed E-state index contributed by atoms with van der Waals surface area (Å²) in [4.78, 5) is 34.0. The van der Waals surface area contributed by atoms with Crippen LogP contribution in [0, 0.1) is 0 Å². The van der Waals surface area contributed by atoms with Crippen LogP contribution in [0.2, 0.25) is 0 Å². The van der Waals surface area contributed by atoms with E-state index < -0.39 is 0 Å². The highest BCUT2D eigenvalue weighted by atomic mass is 16.5. The molecule has 0 N–H and O–H groups in total. The molecule has 2 amide bonds. The SMILES string of the molecule is CCCN1C(=O)C(c2ccc(OC(C)C)cc2)=C(N(CC)CCc2ccncc2)C1=O. The van der Waals surface area contributed by atoms with E-state index in [1.54, 1.807) is 12.4 Å². The van der Waals surface area contributed by atoms with Crippen LogP contribution in [0.5, 0.6) is 5.75 Å². The highest BCUT2D eigenvalue weighted by Gasteiger charge is 2.40. The van der Waals surface area contributed by atoms with E-state index in [0.29, 0.717) is 30.9 Å². The van der Waals surface area contributed by atoms with E-state index in [1.165, 1.54) is 4.90 Å². The first-order valence-electron chi connectivity index (χ1n) is 11.0. The molecule has 0 bridgehead atoms. The van der Waals surface area contributed by atoms with Gasteiger partial charge in [-0.3, -0.25) is 19.5 Å². The van der Waals surface area contributed by atoms with Crippen molar-refractivity contribution < 1.29 is 14.3 Å². The molecule has 1 aromatic carbocycles.